The molecular weight excluding hydrogens is 406 g/mol. The molecule has 0 saturated carbocycles. The normalized spacial score (nSPS) is 11.4. The molecule has 1 N–H and O–H groups in total. The van der Waals surface area contributed by atoms with Gasteiger partial charge in [0.05, 0.1) is 0 Å². The van der Waals surface area contributed by atoms with Crippen molar-refractivity contribution in [2.75, 3.05) is 5.32 Å². The Morgan fingerprint density at radius 1 is 1.03 bits per heavy atom. The number of fused-ring (bicyclic) bond motifs is 1. The largest absolute Gasteiger partial charge is 0.321 e. The molecule has 0 aliphatic carbocycles. The lowest BCUT2D eigenvalue weighted by Crippen LogP contribution is -2.13. The summed E-state index contributed by atoms with van der Waals surface area (Å²) in [6.07, 6.45) is 1.63. The van der Waals surface area contributed by atoms with Crippen LogP contribution in [0, 0.1) is 25.2 Å². The maximum atomic E-state index is 12.9. The minimum Gasteiger partial charge on any atom is -0.321 e. The number of nitrogens with zero attached hydrogens (tertiary/aromatic N) is 2. The van der Waals surface area contributed by atoms with E-state index in [1.165, 1.54) is 0 Å². The van der Waals surface area contributed by atoms with Gasteiger partial charge in [0.1, 0.15) is 11.6 Å². The van der Waals surface area contributed by atoms with E-state index in [-0.39, 0.29) is 5.57 Å². The SMILES string of the molecule is Cc1cc(/C=C(\C#N)C(=O)Nc2cccc3ccccc23)c(C)n1-c1ccc(Cl)cc1. The fourth-order valence-electron chi connectivity index (χ4n) is 3.75. The Kier molecular flexibility index (Phi) is 5.62. The number of benzene rings is 3. The zero-order chi connectivity index (χ0) is 22.0. The molecule has 152 valence electrons. The van der Waals surface area contributed by atoms with Crippen LogP contribution < -0.4 is 5.32 Å². The van der Waals surface area contributed by atoms with E-state index < -0.39 is 5.91 Å². The first-order valence-electron chi connectivity index (χ1n) is 9.83. The Morgan fingerprint density at radius 3 is 2.48 bits per heavy atom. The Bertz CT molecular complexity index is 1350. The second kappa shape index (κ2) is 8.51. The number of nitriles is 1. The molecule has 0 radical (unpaired) electrons. The molecule has 0 aliphatic heterocycles. The Balaban J connectivity index is 1.67. The van der Waals surface area contributed by atoms with Crippen LogP contribution in [0.3, 0.4) is 0 Å². The van der Waals surface area contributed by atoms with Crippen molar-refractivity contribution in [3.63, 3.8) is 0 Å². The smallest absolute Gasteiger partial charge is 0.266 e. The fraction of sp³-hybridized carbons (Fsp3) is 0.0769. The summed E-state index contributed by atoms with van der Waals surface area (Å²) in [7, 11) is 0. The van der Waals surface area contributed by atoms with Crippen LogP contribution in [0.2, 0.25) is 5.02 Å². The Hall–Kier alpha value is -3.81. The van der Waals surface area contributed by atoms with Gasteiger partial charge in [-0.1, -0.05) is 48.0 Å². The summed E-state index contributed by atoms with van der Waals surface area (Å²) in [5.74, 6) is -0.435. The highest BCUT2D eigenvalue weighted by Gasteiger charge is 2.15. The average molecular weight is 426 g/mol. The molecule has 31 heavy (non-hydrogen) atoms. The zero-order valence-corrected chi connectivity index (χ0v) is 17.9. The summed E-state index contributed by atoms with van der Waals surface area (Å²) in [6, 6.07) is 25.1. The molecule has 0 fully saturated rings. The van der Waals surface area contributed by atoms with Crippen LogP contribution in [0.15, 0.2) is 78.4 Å². The lowest BCUT2D eigenvalue weighted by Gasteiger charge is -2.10. The first kappa shape index (κ1) is 20.5. The van der Waals surface area contributed by atoms with Crippen LogP contribution in [0.25, 0.3) is 22.5 Å². The van der Waals surface area contributed by atoms with Gasteiger partial charge in [-0.05, 0) is 67.3 Å². The number of anilines is 1. The third kappa shape index (κ3) is 4.09. The lowest BCUT2D eigenvalue weighted by atomic mass is 10.1. The molecule has 0 unspecified atom stereocenters. The van der Waals surface area contributed by atoms with Crippen molar-refractivity contribution in [2.24, 2.45) is 0 Å². The second-order valence-corrected chi connectivity index (χ2v) is 7.73. The number of amides is 1. The van der Waals surface area contributed by atoms with Crippen molar-refractivity contribution in [2.45, 2.75) is 13.8 Å². The third-order valence-electron chi connectivity index (χ3n) is 5.26. The Morgan fingerprint density at radius 2 is 1.74 bits per heavy atom. The molecule has 0 atom stereocenters. The van der Waals surface area contributed by atoms with Crippen molar-refractivity contribution in [3.05, 3.63) is 100 Å². The van der Waals surface area contributed by atoms with Crippen LogP contribution in [-0.2, 0) is 4.79 Å². The molecule has 4 rings (SSSR count). The van der Waals surface area contributed by atoms with E-state index in [9.17, 15) is 10.1 Å². The number of hydrogen-bond donors (Lipinski definition) is 1. The fourth-order valence-corrected chi connectivity index (χ4v) is 3.88. The first-order chi connectivity index (χ1) is 15.0. The summed E-state index contributed by atoms with van der Waals surface area (Å²) in [5, 5.41) is 15.2. The topological polar surface area (TPSA) is 57.8 Å². The molecule has 1 heterocycles. The standard InChI is InChI=1S/C26H20ClN3O/c1-17-14-20(18(2)30(17)23-12-10-22(27)11-13-23)15-21(16-28)26(31)29-25-9-5-7-19-6-3-4-8-24(19)25/h3-15H,1-2H3,(H,29,31)/b21-15+. The van der Waals surface area contributed by atoms with Crippen LogP contribution in [0.1, 0.15) is 17.0 Å². The molecule has 0 bridgehead atoms. The third-order valence-corrected chi connectivity index (χ3v) is 5.51. The molecule has 4 aromatic rings. The highest BCUT2D eigenvalue weighted by atomic mass is 35.5. The zero-order valence-electron chi connectivity index (χ0n) is 17.2. The van der Waals surface area contributed by atoms with Gasteiger partial charge in [0, 0.05) is 33.2 Å². The van der Waals surface area contributed by atoms with Crippen molar-refractivity contribution in [1.82, 2.24) is 4.57 Å². The van der Waals surface area contributed by atoms with Gasteiger partial charge in [-0.2, -0.15) is 5.26 Å². The summed E-state index contributed by atoms with van der Waals surface area (Å²) in [4.78, 5) is 12.9. The van der Waals surface area contributed by atoms with E-state index in [1.54, 1.807) is 6.08 Å². The molecule has 5 heteroatoms. The molecule has 0 spiro atoms. The minimum atomic E-state index is -0.435. The van der Waals surface area contributed by atoms with Crippen molar-refractivity contribution < 1.29 is 4.79 Å². The van der Waals surface area contributed by atoms with E-state index in [0.717, 1.165) is 33.4 Å². The summed E-state index contributed by atoms with van der Waals surface area (Å²) in [6.45, 7) is 3.95. The average Bonchev–Trinajstić information content (AvgIpc) is 3.05. The van der Waals surface area contributed by atoms with E-state index in [4.69, 9.17) is 11.6 Å². The van der Waals surface area contributed by atoms with Crippen LogP contribution in [-0.4, -0.2) is 10.5 Å². The summed E-state index contributed by atoms with van der Waals surface area (Å²) >= 11 is 6.01. The van der Waals surface area contributed by atoms with Crippen LogP contribution >= 0.6 is 11.6 Å². The predicted molar refractivity (Wildman–Crippen MR) is 126 cm³/mol. The molecule has 0 saturated heterocycles. The molecule has 3 aromatic carbocycles. The molecule has 1 amide bonds. The number of halogens is 1. The van der Waals surface area contributed by atoms with E-state index in [0.29, 0.717) is 10.7 Å². The number of carbonyl (C=O) groups is 1. The van der Waals surface area contributed by atoms with Gasteiger partial charge < -0.3 is 9.88 Å². The van der Waals surface area contributed by atoms with E-state index in [2.05, 4.69) is 9.88 Å². The monoisotopic (exact) mass is 425 g/mol. The molecule has 0 aliphatic rings. The number of rotatable bonds is 4. The number of hydrogen-bond acceptors (Lipinski definition) is 2. The van der Waals surface area contributed by atoms with Crippen LogP contribution in [0.5, 0.6) is 0 Å². The van der Waals surface area contributed by atoms with Crippen molar-refractivity contribution >= 4 is 40.0 Å². The van der Waals surface area contributed by atoms with Gasteiger partial charge in [-0.15, -0.1) is 0 Å². The van der Waals surface area contributed by atoms with Crippen LogP contribution in [0.4, 0.5) is 5.69 Å². The molecular formula is C26H20ClN3O. The van der Waals surface area contributed by atoms with Gasteiger partial charge in [0.15, 0.2) is 0 Å². The maximum absolute atomic E-state index is 12.9. The quantitative estimate of drug-likeness (QED) is 0.302. The first-order valence-corrected chi connectivity index (χ1v) is 10.2. The molecule has 1 aromatic heterocycles. The number of nitrogens with one attached hydrogen (secondary N) is 1. The summed E-state index contributed by atoms with van der Waals surface area (Å²) < 4.78 is 2.07. The maximum Gasteiger partial charge on any atom is 0.266 e. The van der Waals surface area contributed by atoms with Gasteiger partial charge in [-0.3, -0.25) is 4.79 Å². The number of carbonyl (C=O) groups excluding carboxylic acids is 1. The van der Waals surface area contributed by atoms with Gasteiger partial charge in [0.25, 0.3) is 5.91 Å². The van der Waals surface area contributed by atoms with E-state index >= 15 is 0 Å². The van der Waals surface area contributed by atoms with Crippen molar-refractivity contribution in [1.29, 1.82) is 5.26 Å². The lowest BCUT2D eigenvalue weighted by molar-refractivity contribution is -0.112. The number of aryl methyl sites for hydroxylation is 1. The second-order valence-electron chi connectivity index (χ2n) is 7.29. The van der Waals surface area contributed by atoms with E-state index in [1.807, 2.05) is 92.7 Å². The molecule has 4 nitrogen and oxygen atoms in total. The minimum absolute atomic E-state index is 0.0456. The highest BCUT2D eigenvalue weighted by Crippen LogP contribution is 2.26. The van der Waals surface area contributed by atoms with Gasteiger partial charge >= 0.3 is 0 Å². The highest BCUT2D eigenvalue weighted by molar-refractivity contribution is 6.30. The number of aromatic nitrogens is 1. The van der Waals surface area contributed by atoms with Gasteiger partial charge in [0.2, 0.25) is 0 Å². The summed E-state index contributed by atoms with van der Waals surface area (Å²) in [5.41, 5.74) is 4.44. The van der Waals surface area contributed by atoms with Crippen molar-refractivity contribution in [3.8, 4) is 11.8 Å². The van der Waals surface area contributed by atoms with Gasteiger partial charge in [-0.25, -0.2) is 0 Å². The predicted octanol–water partition coefficient (Wildman–Crippen LogP) is 6.45. The Labute approximate surface area is 186 Å².